The summed E-state index contributed by atoms with van der Waals surface area (Å²) in [6.45, 7) is 4.49. The molecule has 1 aromatic heterocycles. The van der Waals surface area contributed by atoms with Crippen LogP contribution in [-0.4, -0.2) is 44.0 Å². The predicted molar refractivity (Wildman–Crippen MR) is 171 cm³/mol. The zero-order valence-electron chi connectivity index (χ0n) is 25.2. The van der Waals surface area contributed by atoms with E-state index in [-0.39, 0.29) is 47.6 Å². The number of hydrogen-bond acceptors (Lipinski definition) is 9. The minimum Gasteiger partial charge on any atom is -0.748 e. The minimum atomic E-state index is -4.35. The maximum absolute atomic E-state index is 11.4. The van der Waals surface area contributed by atoms with Gasteiger partial charge in [-0.2, -0.15) is 0 Å². The first-order chi connectivity index (χ1) is 20.4. The summed E-state index contributed by atoms with van der Waals surface area (Å²) in [6, 6.07) is 18.2. The second-order valence-corrected chi connectivity index (χ2v) is 15.3. The fourth-order valence-electron chi connectivity index (χ4n) is 5.71. The molecule has 5 rings (SSSR count). The van der Waals surface area contributed by atoms with Crippen molar-refractivity contribution in [1.82, 2.24) is 0 Å². The Labute approximate surface area is 285 Å². The molecule has 0 fully saturated rings. The fourth-order valence-corrected chi connectivity index (χ4v) is 8.08. The van der Waals surface area contributed by atoms with Crippen molar-refractivity contribution >= 4 is 58.1 Å². The number of ether oxygens (including phenoxy) is 1. The molecule has 0 saturated heterocycles. The number of aryl methyl sites for hydroxylation is 2. The van der Waals surface area contributed by atoms with Crippen LogP contribution < -0.4 is 39.2 Å². The van der Waals surface area contributed by atoms with E-state index in [0.717, 1.165) is 34.9 Å². The number of rotatable bonds is 13. The second-order valence-electron chi connectivity index (χ2n) is 11.1. The number of thiophene rings is 1. The predicted octanol–water partition coefficient (Wildman–Crippen LogP) is 3.48. The Hall–Kier alpha value is -1.96. The smallest absolute Gasteiger partial charge is 0.748 e. The number of nitrogens with zero attached hydrogens (tertiary/aromatic N) is 1. The molecule has 0 amide bonds. The van der Waals surface area contributed by atoms with Gasteiger partial charge in [-0.1, -0.05) is 55.0 Å². The van der Waals surface area contributed by atoms with E-state index < -0.39 is 26.0 Å². The summed E-state index contributed by atoms with van der Waals surface area (Å²) >= 11 is 1.74. The largest absolute Gasteiger partial charge is 1.00 e. The van der Waals surface area contributed by atoms with Gasteiger partial charge in [-0.25, -0.2) is 16.8 Å². The van der Waals surface area contributed by atoms with Gasteiger partial charge >= 0.3 is 29.6 Å². The maximum atomic E-state index is 11.4. The van der Waals surface area contributed by atoms with Crippen molar-refractivity contribution < 1.29 is 60.2 Å². The van der Waals surface area contributed by atoms with Crippen molar-refractivity contribution in [2.45, 2.75) is 52.4 Å². The van der Waals surface area contributed by atoms with Crippen LogP contribution in [-0.2, 0) is 33.1 Å². The van der Waals surface area contributed by atoms with E-state index in [4.69, 9.17) is 4.74 Å². The summed E-state index contributed by atoms with van der Waals surface area (Å²) in [5, 5.41) is 3.20. The SMILES string of the molecule is CCC(/C=C1\Oc2ccc3ccccc3c2N1CCCS(=O)(=O)[O-])Cc1sc2ccc(C)cc2c1CCCCS(=O)(=O)[O-].[Na+]. The number of benzene rings is 3. The van der Waals surface area contributed by atoms with Gasteiger partial charge in [0.15, 0.2) is 11.6 Å². The van der Waals surface area contributed by atoms with Gasteiger partial charge in [-0.05, 0) is 85.9 Å². The molecule has 0 saturated carbocycles. The summed E-state index contributed by atoms with van der Waals surface area (Å²) in [6.07, 6.45) is 5.46. The van der Waals surface area contributed by atoms with Crippen molar-refractivity contribution in [3.8, 4) is 5.75 Å². The molecule has 1 aliphatic rings. The van der Waals surface area contributed by atoms with Crippen molar-refractivity contribution in [2.75, 3.05) is 23.0 Å². The summed E-state index contributed by atoms with van der Waals surface area (Å²) in [7, 11) is -8.59. The van der Waals surface area contributed by atoms with Crippen molar-refractivity contribution in [1.29, 1.82) is 0 Å². The van der Waals surface area contributed by atoms with Crippen LogP contribution in [0.3, 0.4) is 0 Å². The Morgan fingerprint density at radius 2 is 1.66 bits per heavy atom. The van der Waals surface area contributed by atoms with Crippen LogP contribution in [0.15, 0.2) is 66.6 Å². The summed E-state index contributed by atoms with van der Waals surface area (Å²) in [5.41, 5.74) is 3.21. The summed E-state index contributed by atoms with van der Waals surface area (Å²) in [4.78, 5) is 3.21. The van der Waals surface area contributed by atoms with Crippen LogP contribution >= 0.6 is 11.3 Å². The molecule has 0 aliphatic carbocycles. The maximum Gasteiger partial charge on any atom is 1.00 e. The van der Waals surface area contributed by atoms with Gasteiger partial charge in [0.1, 0.15) is 0 Å². The monoisotopic (exact) mass is 664 g/mol. The quantitative estimate of drug-likeness (QED) is 0.121. The molecule has 4 aromatic rings. The molecule has 0 bridgehead atoms. The van der Waals surface area contributed by atoms with Crippen molar-refractivity contribution in [2.24, 2.45) is 5.92 Å². The normalized spacial score (nSPS) is 15.0. The zero-order chi connectivity index (χ0) is 30.8. The molecule has 44 heavy (non-hydrogen) atoms. The van der Waals surface area contributed by atoms with Gasteiger partial charge in [-0.3, -0.25) is 0 Å². The average molecular weight is 665 g/mol. The number of allylic oxidation sites excluding steroid dienone is 1. The molecule has 0 N–H and O–H groups in total. The topological polar surface area (TPSA) is 127 Å². The first-order valence-electron chi connectivity index (χ1n) is 14.5. The van der Waals surface area contributed by atoms with E-state index in [9.17, 15) is 25.9 Å². The number of anilines is 1. The van der Waals surface area contributed by atoms with E-state index in [1.165, 1.54) is 20.5 Å². The Morgan fingerprint density at radius 3 is 2.39 bits per heavy atom. The van der Waals surface area contributed by atoms with Crippen LogP contribution in [0.1, 0.15) is 48.6 Å². The zero-order valence-corrected chi connectivity index (χ0v) is 29.7. The molecule has 1 atom stereocenters. The summed E-state index contributed by atoms with van der Waals surface area (Å²) in [5.74, 6) is 0.600. The van der Waals surface area contributed by atoms with E-state index in [1.807, 2.05) is 41.3 Å². The second kappa shape index (κ2) is 14.6. The van der Waals surface area contributed by atoms with Crippen LogP contribution in [0.25, 0.3) is 20.9 Å². The minimum absolute atomic E-state index is 0. The standard InChI is InChI=1S/C32H37NO7S3.Na/c1-3-23(20-30-26(11-6-7-17-42(34,35)36)27-19-22(2)12-15-29(27)41-30)21-31-33(16-8-18-43(37,38)39)32-25-10-5-4-9-24(25)13-14-28(32)40-31;/h4-5,9-10,12-15,19,21,23H,3,6-8,11,16-18,20H2,1-2H3,(H,34,35,36)(H,37,38,39);/q;+1/p-2/b31-21-;. The molecule has 2 heterocycles. The summed E-state index contributed by atoms with van der Waals surface area (Å²) < 4.78 is 75.1. The van der Waals surface area contributed by atoms with Gasteiger partial charge in [0.2, 0.25) is 0 Å². The number of hydrogen-bond donors (Lipinski definition) is 0. The Kier molecular flexibility index (Phi) is 11.6. The van der Waals surface area contributed by atoms with Crippen molar-refractivity contribution in [3.05, 3.63) is 82.6 Å². The van der Waals surface area contributed by atoms with E-state index in [2.05, 4.69) is 38.1 Å². The Morgan fingerprint density at radius 1 is 0.932 bits per heavy atom. The van der Waals surface area contributed by atoms with Gasteiger partial charge < -0.3 is 18.7 Å². The third kappa shape index (κ3) is 8.64. The fraction of sp³-hybridized carbons (Fsp3) is 0.375. The van der Waals surface area contributed by atoms with Crippen LogP contribution in [0, 0.1) is 12.8 Å². The number of unbranched alkanes of at least 4 members (excludes halogenated alkanes) is 1. The average Bonchev–Trinajstić information content (AvgIpc) is 3.46. The molecule has 8 nitrogen and oxygen atoms in total. The molecule has 230 valence electrons. The van der Waals surface area contributed by atoms with E-state index >= 15 is 0 Å². The molecule has 1 unspecified atom stereocenters. The van der Waals surface area contributed by atoms with Gasteiger partial charge in [0.05, 0.1) is 25.9 Å². The number of fused-ring (bicyclic) bond motifs is 4. The van der Waals surface area contributed by atoms with Crippen molar-refractivity contribution in [3.63, 3.8) is 0 Å². The van der Waals surface area contributed by atoms with Crippen LogP contribution in [0.2, 0.25) is 0 Å². The molecule has 0 radical (unpaired) electrons. The molecular formula is C32H35NNaO7S3-. The molecule has 1 aliphatic heterocycles. The van der Waals surface area contributed by atoms with Crippen LogP contribution in [0.5, 0.6) is 5.75 Å². The molecule has 12 heteroatoms. The third-order valence-electron chi connectivity index (χ3n) is 7.84. The van der Waals surface area contributed by atoms with Gasteiger partial charge in [0, 0.05) is 33.0 Å². The third-order valence-corrected chi connectivity index (χ3v) is 10.7. The van der Waals surface area contributed by atoms with Gasteiger partial charge in [-0.15, -0.1) is 11.3 Å². The van der Waals surface area contributed by atoms with Crippen LogP contribution in [0.4, 0.5) is 5.69 Å². The Bertz CT molecular complexity index is 1880. The molecule has 0 spiro atoms. The van der Waals surface area contributed by atoms with E-state index in [1.54, 1.807) is 11.3 Å². The molecular weight excluding hydrogens is 630 g/mol. The molecule has 3 aromatic carbocycles. The van der Waals surface area contributed by atoms with E-state index in [0.29, 0.717) is 37.4 Å². The first kappa shape index (κ1) is 34.9. The first-order valence-corrected chi connectivity index (χ1v) is 18.5. The van der Waals surface area contributed by atoms with Gasteiger partial charge in [0.25, 0.3) is 0 Å². The Balaban J connectivity index is 0.00000442.